The van der Waals surface area contributed by atoms with Crippen LogP contribution in [0.2, 0.25) is 0 Å². The lowest BCUT2D eigenvalue weighted by atomic mass is 10.2. The minimum atomic E-state index is -4.18. The number of carbonyl (C=O) groups is 1. The van der Waals surface area contributed by atoms with Gasteiger partial charge < -0.3 is 9.47 Å². The molecule has 0 spiro atoms. The summed E-state index contributed by atoms with van der Waals surface area (Å²) in [5, 5.41) is -0.120. The van der Waals surface area contributed by atoms with Crippen LogP contribution in [0.15, 0.2) is 47.4 Å². The molecule has 0 atom stereocenters. The van der Waals surface area contributed by atoms with Gasteiger partial charge in [-0.2, -0.15) is 0 Å². The molecule has 6 nitrogen and oxygen atoms in total. The van der Waals surface area contributed by atoms with Crippen LogP contribution in [0.5, 0.6) is 5.75 Å². The van der Waals surface area contributed by atoms with Gasteiger partial charge in [-0.05, 0) is 29.8 Å². The van der Waals surface area contributed by atoms with E-state index in [0.717, 1.165) is 24.5 Å². The zero-order valence-corrected chi connectivity index (χ0v) is 16.1. The number of halogens is 1. The van der Waals surface area contributed by atoms with Gasteiger partial charge in [-0.3, -0.25) is 0 Å². The van der Waals surface area contributed by atoms with Gasteiger partial charge in [0.1, 0.15) is 21.3 Å². The Morgan fingerprint density at radius 2 is 1.85 bits per heavy atom. The Bertz CT molecular complexity index is 1090. The van der Waals surface area contributed by atoms with Crippen LogP contribution in [-0.2, 0) is 21.3 Å². The maximum absolute atomic E-state index is 14.4. The third kappa shape index (κ3) is 3.80. The van der Waals surface area contributed by atoms with Crippen LogP contribution in [0.25, 0.3) is 10.1 Å². The van der Waals surface area contributed by atoms with Gasteiger partial charge in [0, 0.05) is 16.6 Å². The van der Waals surface area contributed by atoms with Crippen LogP contribution in [0.3, 0.4) is 0 Å². The number of sulfonamides is 1. The molecule has 142 valence electrons. The Morgan fingerprint density at radius 1 is 1.15 bits per heavy atom. The second-order valence-corrected chi connectivity index (χ2v) is 8.29. The average Bonchev–Trinajstić information content (AvgIpc) is 3.08. The van der Waals surface area contributed by atoms with Crippen molar-refractivity contribution >= 4 is 37.4 Å². The van der Waals surface area contributed by atoms with E-state index >= 15 is 0 Å². The lowest BCUT2D eigenvalue weighted by Crippen LogP contribution is -2.25. The SMILES string of the molecule is COC(=O)c1sc2cccc(F)c2c1S(=O)(=O)NCc1ccc(OC)cc1. The number of fused-ring (bicyclic) bond motifs is 1. The number of benzene rings is 2. The van der Waals surface area contributed by atoms with Crippen molar-refractivity contribution in [2.24, 2.45) is 0 Å². The molecule has 0 amide bonds. The summed E-state index contributed by atoms with van der Waals surface area (Å²) in [4.78, 5) is 11.5. The first-order valence-electron chi connectivity index (χ1n) is 7.79. The van der Waals surface area contributed by atoms with E-state index in [9.17, 15) is 17.6 Å². The van der Waals surface area contributed by atoms with Gasteiger partial charge in [-0.25, -0.2) is 22.3 Å². The summed E-state index contributed by atoms with van der Waals surface area (Å²) in [6.45, 7) is -0.0290. The second kappa shape index (κ2) is 7.63. The zero-order valence-electron chi connectivity index (χ0n) is 14.5. The molecular weight excluding hydrogens is 393 g/mol. The zero-order chi connectivity index (χ0) is 19.6. The minimum absolute atomic E-state index is 0.0290. The second-order valence-electron chi connectivity index (χ2n) is 5.54. The number of rotatable bonds is 6. The Hall–Kier alpha value is -2.49. The number of nitrogens with one attached hydrogen (secondary N) is 1. The van der Waals surface area contributed by atoms with Crippen LogP contribution in [0.4, 0.5) is 4.39 Å². The largest absolute Gasteiger partial charge is 0.497 e. The summed E-state index contributed by atoms with van der Waals surface area (Å²) in [6, 6.07) is 11.0. The predicted octanol–water partition coefficient (Wildman–Crippen LogP) is 3.31. The van der Waals surface area contributed by atoms with E-state index in [1.165, 1.54) is 13.2 Å². The molecule has 0 aliphatic carbocycles. The molecule has 0 aliphatic heterocycles. The molecule has 0 saturated heterocycles. The maximum Gasteiger partial charge on any atom is 0.349 e. The number of methoxy groups -OCH3 is 2. The Balaban J connectivity index is 2.02. The van der Waals surface area contributed by atoms with Crippen molar-refractivity contribution in [3.63, 3.8) is 0 Å². The molecule has 0 saturated carbocycles. The van der Waals surface area contributed by atoms with E-state index in [-0.39, 0.29) is 16.8 Å². The molecule has 1 heterocycles. The molecule has 0 bridgehead atoms. The topological polar surface area (TPSA) is 81.7 Å². The first-order valence-corrected chi connectivity index (χ1v) is 10.1. The van der Waals surface area contributed by atoms with Gasteiger partial charge >= 0.3 is 5.97 Å². The van der Waals surface area contributed by atoms with Crippen molar-refractivity contribution in [2.45, 2.75) is 11.4 Å². The smallest absolute Gasteiger partial charge is 0.349 e. The lowest BCUT2D eigenvalue weighted by molar-refractivity contribution is 0.0602. The molecule has 0 unspecified atom stereocenters. The Morgan fingerprint density at radius 3 is 2.48 bits per heavy atom. The first-order chi connectivity index (χ1) is 12.9. The molecule has 0 radical (unpaired) electrons. The number of hydrogen-bond acceptors (Lipinski definition) is 6. The predicted molar refractivity (Wildman–Crippen MR) is 100 cm³/mol. The van der Waals surface area contributed by atoms with Crippen molar-refractivity contribution in [1.82, 2.24) is 4.72 Å². The molecule has 1 aromatic heterocycles. The molecule has 0 aliphatic rings. The van der Waals surface area contributed by atoms with Crippen LogP contribution < -0.4 is 9.46 Å². The fourth-order valence-electron chi connectivity index (χ4n) is 2.56. The van der Waals surface area contributed by atoms with E-state index in [2.05, 4.69) is 9.46 Å². The van der Waals surface area contributed by atoms with Crippen LogP contribution in [0.1, 0.15) is 15.2 Å². The molecule has 3 rings (SSSR count). The van der Waals surface area contributed by atoms with Crippen molar-refractivity contribution in [3.8, 4) is 5.75 Å². The normalized spacial score (nSPS) is 11.5. The maximum atomic E-state index is 14.4. The monoisotopic (exact) mass is 409 g/mol. The van der Waals surface area contributed by atoms with Crippen molar-refractivity contribution in [2.75, 3.05) is 14.2 Å². The minimum Gasteiger partial charge on any atom is -0.497 e. The molecular formula is C18H16FNO5S2. The third-order valence-electron chi connectivity index (χ3n) is 3.89. The van der Waals surface area contributed by atoms with Gasteiger partial charge in [-0.15, -0.1) is 11.3 Å². The van der Waals surface area contributed by atoms with Gasteiger partial charge in [-0.1, -0.05) is 18.2 Å². The average molecular weight is 409 g/mol. The van der Waals surface area contributed by atoms with E-state index in [1.807, 2.05) is 0 Å². The van der Waals surface area contributed by atoms with Gasteiger partial charge in [0.05, 0.1) is 14.2 Å². The van der Waals surface area contributed by atoms with Gasteiger partial charge in [0.2, 0.25) is 10.0 Å². The number of thiophene rings is 1. The van der Waals surface area contributed by atoms with E-state index < -0.39 is 26.7 Å². The van der Waals surface area contributed by atoms with Gasteiger partial charge in [0.15, 0.2) is 0 Å². The van der Waals surface area contributed by atoms with Crippen LogP contribution in [-0.4, -0.2) is 28.6 Å². The highest BCUT2D eigenvalue weighted by molar-refractivity contribution is 7.90. The fraction of sp³-hybridized carbons (Fsp3) is 0.167. The molecule has 0 fully saturated rings. The number of esters is 1. The Kier molecular flexibility index (Phi) is 5.45. The summed E-state index contributed by atoms with van der Waals surface area (Å²) < 4.78 is 52.6. The molecule has 27 heavy (non-hydrogen) atoms. The highest BCUT2D eigenvalue weighted by atomic mass is 32.2. The number of hydrogen-bond donors (Lipinski definition) is 1. The molecule has 2 aromatic carbocycles. The van der Waals surface area contributed by atoms with E-state index in [4.69, 9.17) is 4.74 Å². The standard InChI is InChI=1S/C18H16FNO5S2/c1-24-12-8-6-11(7-9-12)10-20-27(22,23)17-15-13(19)4-3-5-14(15)26-16(17)18(21)25-2/h3-9,20H,10H2,1-2H3. The highest BCUT2D eigenvalue weighted by Gasteiger charge is 2.30. The number of carbonyl (C=O) groups excluding carboxylic acids is 1. The summed E-state index contributed by atoms with van der Waals surface area (Å²) in [7, 11) is -1.50. The highest BCUT2D eigenvalue weighted by Crippen LogP contribution is 2.36. The van der Waals surface area contributed by atoms with E-state index in [0.29, 0.717) is 16.0 Å². The molecule has 9 heteroatoms. The van der Waals surface area contributed by atoms with Crippen molar-refractivity contribution < 1.29 is 27.1 Å². The molecule has 3 aromatic rings. The summed E-state index contributed by atoms with van der Waals surface area (Å²) in [6.07, 6.45) is 0. The first kappa shape index (κ1) is 19.3. The summed E-state index contributed by atoms with van der Waals surface area (Å²) in [5.41, 5.74) is 0.680. The molecule has 1 N–H and O–H groups in total. The van der Waals surface area contributed by atoms with Crippen LogP contribution >= 0.6 is 11.3 Å². The fourth-order valence-corrected chi connectivity index (χ4v) is 5.41. The summed E-state index contributed by atoms with van der Waals surface area (Å²) >= 11 is 0.874. The van der Waals surface area contributed by atoms with Crippen LogP contribution in [0, 0.1) is 5.82 Å². The lowest BCUT2D eigenvalue weighted by Gasteiger charge is -2.09. The summed E-state index contributed by atoms with van der Waals surface area (Å²) in [5.74, 6) is -0.912. The van der Waals surface area contributed by atoms with E-state index in [1.54, 1.807) is 30.3 Å². The third-order valence-corrected chi connectivity index (χ3v) is 6.62. The quantitative estimate of drug-likeness (QED) is 0.632. The van der Waals surface area contributed by atoms with Crippen molar-refractivity contribution in [3.05, 3.63) is 58.7 Å². The number of ether oxygens (including phenoxy) is 2. The van der Waals surface area contributed by atoms with Crippen molar-refractivity contribution in [1.29, 1.82) is 0 Å². The van der Waals surface area contributed by atoms with Gasteiger partial charge in [0.25, 0.3) is 0 Å². The Labute approximate surface area is 159 Å².